The normalized spacial score (nSPS) is 12.8. The van der Waals surface area contributed by atoms with Crippen molar-refractivity contribution in [2.75, 3.05) is 32.2 Å². The first-order valence-corrected chi connectivity index (χ1v) is 5.73. The molecule has 86 valence electrons. The van der Waals surface area contributed by atoms with Crippen molar-refractivity contribution in [3.63, 3.8) is 0 Å². The third-order valence-electron chi connectivity index (χ3n) is 1.99. The van der Waals surface area contributed by atoms with Crippen molar-refractivity contribution in [1.82, 2.24) is 9.36 Å². The van der Waals surface area contributed by atoms with E-state index in [2.05, 4.69) is 9.36 Å². The molecule has 5 nitrogen and oxygen atoms in total. The molecule has 0 aliphatic heterocycles. The van der Waals surface area contributed by atoms with Gasteiger partial charge in [-0.05, 0) is 0 Å². The Balaban J connectivity index is 2.49. The molecular weight excluding hydrogens is 212 g/mol. The van der Waals surface area contributed by atoms with Crippen LogP contribution in [0.5, 0.6) is 0 Å². The van der Waals surface area contributed by atoms with E-state index in [0.717, 1.165) is 23.9 Å². The molecule has 6 heteroatoms. The third kappa shape index (κ3) is 3.73. The number of aromatic nitrogens is 2. The van der Waals surface area contributed by atoms with E-state index < -0.39 is 0 Å². The van der Waals surface area contributed by atoms with Gasteiger partial charge in [0, 0.05) is 44.7 Å². The van der Waals surface area contributed by atoms with Crippen LogP contribution in [-0.2, 0) is 11.2 Å². The Kier molecular flexibility index (Phi) is 4.93. The van der Waals surface area contributed by atoms with E-state index >= 15 is 0 Å². The lowest BCUT2D eigenvalue weighted by atomic mass is 10.3. The zero-order chi connectivity index (χ0) is 11.3. The molecule has 0 bridgehead atoms. The molecule has 0 spiro atoms. The summed E-state index contributed by atoms with van der Waals surface area (Å²) in [6.07, 6.45) is 0.870. The van der Waals surface area contributed by atoms with Gasteiger partial charge in [-0.15, -0.1) is 0 Å². The molecule has 0 aromatic carbocycles. The minimum absolute atomic E-state index is 0.00831. The fraction of sp³-hybridized carbons (Fsp3) is 0.778. The van der Waals surface area contributed by atoms with Crippen LogP contribution in [0, 0.1) is 0 Å². The molecule has 1 aromatic heterocycles. The van der Waals surface area contributed by atoms with Crippen molar-refractivity contribution < 1.29 is 4.74 Å². The van der Waals surface area contributed by atoms with Gasteiger partial charge in [-0.2, -0.15) is 4.37 Å². The predicted molar refractivity (Wildman–Crippen MR) is 62.4 cm³/mol. The number of ether oxygens (including phenoxy) is 1. The number of anilines is 1. The van der Waals surface area contributed by atoms with Crippen LogP contribution in [0.4, 0.5) is 5.13 Å². The molecule has 1 unspecified atom stereocenters. The number of methoxy groups -OCH3 is 1. The maximum Gasteiger partial charge on any atom is 0.204 e. The Morgan fingerprint density at radius 3 is 2.87 bits per heavy atom. The number of aryl methyl sites for hydroxylation is 1. The summed E-state index contributed by atoms with van der Waals surface area (Å²) in [7, 11) is 3.62. The Bertz CT molecular complexity index is 291. The summed E-state index contributed by atoms with van der Waals surface area (Å²) in [5, 5.41) is 0.915. The molecule has 1 heterocycles. The topological polar surface area (TPSA) is 64.3 Å². The largest absolute Gasteiger partial charge is 0.383 e. The Morgan fingerprint density at radius 2 is 2.33 bits per heavy atom. The van der Waals surface area contributed by atoms with Crippen LogP contribution in [-0.4, -0.2) is 42.7 Å². The summed E-state index contributed by atoms with van der Waals surface area (Å²) >= 11 is 1.41. The van der Waals surface area contributed by atoms with E-state index in [1.165, 1.54) is 11.5 Å². The molecule has 0 aliphatic carbocycles. The maximum atomic E-state index is 5.85. The number of nitrogens with zero attached hydrogens (tertiary/aromatic N) is 3. The van der Waals surface area contributed by atoms with Gasteiger partial charge < -0.3 is 15.4 Å². The quantitative estimate of drug-likeness (QED) is 0.771. The first kappa shape index (κ1) is 12.4. The number of hydrogen-bond donors (Lipinski definition) is 1. The number of rotatable bonds is 6. The molecule has 0 amide bonds. The highest BCUT2D eigenvalue weighted by molar-refractivity contribution is 7.09. The van der Waals surface area contributed by atoms with Crippen LogP contribution in [0.15, 0.2) is 0 Å². The van der Waals surface area contributed by atoms with Gasteiger partial charge in [0.15, 0.2) is 0 Å². The summed E-state index contributed by atoms with van der Waals surface area (Å²) in [6, 6.07) is 0.00831. The van der Waals surface area contributed by atoms with E-state index in [-0.39, 0.29) is 6.04 Å². The van der Waals surface area contributed by atoms with Crippen molar-refractivity contribution in [3.8, 4) is 0 Å². The highest BCUT2D eigenvalue weighted by Gasteiger charge is 2.11. The van der Waals surface area contributed by atoms with Crippen LogP contribution in [0.25, 0.3) is 0 Å². The van der Waals surface area contributed by atoms with E-state index in [9.17, 15) is 0 Å². The Hall–Kier alpha value is -0.720. The van der Waals surface area contributed by atoms with Gasteiger partial charge in [-0.1, -0.05) is 6.92 Å². The summed E-state index contributed by atoms with van der Waals surface area (Å²) in [4.78, 5) is 6.39. The van der Waals surface area contributed by atoms with Gasteiger partial charge in [0.05, 0.1) is 6.61 Å². The zero-order valence-corrected chi connectivity index (χ0v) is 10.3. The van der Waals surface area contributed by atoms with Gasteiger partial charge in [0.25, 0.3) is 0 Å². The van der Waals surface area contributed by atoms with E-state index in [1.807, 2.05) is 18.9 Å². The van der Waals surface area contributed by atoms with Crippen molar-refractivity contribution in [2.45, 2.75) is 19.4 Å². The predicted octanol–water partition coefficient (Wildman–Crippen LogP) is 0.510. The van der Waals surface area contributed by atoms with Gasteiger partial charge in [-0.3, -0.25) is 0 Å². The van der Waals surface area contributed by atoms with Gasteiger partial charge in [-0.25, -0.2) is 4.98 Å². The van der Waals surface area contributed by atoms with Crippen LogP contribution in [0.1, 0.15) is 12.7 Å². The van der Waals surface area contributed by atoms with Crippen LogP contribution in [0.3, 0.4) is 0 Å². The molecule has 1 rings (SSSR count). The lowest BCUT2D eigenvalue weighted by Gasteiger charge is -2.19. The summed E-state index contributed by atoms with van der Waals surface area (Å²) in [5.41, 5.74) is 5.85. The molecule has 0 saturated heterocycles. The summed E-state index contributed by atoms with van der Waals surface area (Å²) < 4.78 is 9.21. The molecule has 1 aromatic rings. The van der Waals surface area contributed by atoms with E-state index in [0.29, 0.717) is 6.61 Å². The average molecular weight is 230 g/mol. The Morgan fingerprint density at radius 1 is 1.60 bits per heavy atom. The van der Waals surface area contributed by atoms with Gasteiger partial charge in [0.2, 0.25) is 5.13 Å². The SMILES string of the molecule is CCc1nsc(N(C)CC(N)COC)n1. The van der Waals surface area contributed by atoms with Gasteiger partial charge in [0.1, 0.15) is 5.82 Å². The second-order valence-electron chi connectivity index (χ2n) is 3.44. The molecule has 1 atom stereocenters. The van der Waals surface area contributed by atoms with Gasteiger partial charge >= 0.3 is 0 Å². The smallest absolute Gasteiger partial charge is 0.204 e. The highest BCUT2D eigenvalue weighted by atomic mass is 32.1. The van der Waals surface area contributed by atoms with Crippen molar-refractivity contribution in [3.05, 3.63) is 5.82 Å². The zero-order valence-electron chi connectivity index (χ0n) is 9.43. The van der Waals surface area contributed by atoms with Crippen molar-refractivity contribution >= 4 is 16.7 Å². The summed E-state index contributed by atoms with van der Waals surface area (Å²) in [5.74, 6) is 0.891. The average Bonchev–Trinajstić information content (AvgIpc) is 2.66. The monoisotopic (exact) mass is 230 g/mol. The maximum absolute atomic E-state index is 5.85. The molecule has 0 fully saturated rings. The minimum atomic E-state index is 0.00831. The number of nitrogens with two attached hydrogens (primary N) is 1. The van der Waals surface area contributed by atoms with Crippen molar-refractivity contribution in [1.29, 1.82) is 0 Å². The fourth-order valence-corrected chi connectivity index (χ4v) is 1.96. The van der Waals surface area contributed by atoms with Crippen molar-refractivity contribution in [2.24, 2.45) is 5.73 Å². The highest BCUT2D eigenvalue weighted by Crippen LogP contribution is 2.15. The second kappa shape index (κ2) is 5.99. The Labute approximate surface area is 94.4 Å². The lowest BCUT2D eigenvalue weighted by molar-refractivity contribution is 0.181. The third-order valence-corrected chi connectivity index (χ3v) is 2.86. The fourth-order valence-electron chi connectivity index (χ4n) is 1.24. The molecule has 0 saturated carbocycles. The minimum Gasteiger partial charge on any atom is -0.383 e. The standard InChI is InChI=1S/C9H18N4OS/c1-4-8-11-9(15-12-8)13(2)5-7(10)6-14-3/h7H,4-6,10H2,1-3H3. The first-order valence-electron chi connectivity index (χ1n) is 4.95. The number of likely N-dealkylation sites (N-methyl/N-ethyl adjacent to an activating group) is 1. The molecule has 0 aliphatic rings. The van der Waals surface area contributed by atoms with Crippen LogP contribution < -0.4 is 10.6 Å². The molecule has 15 heavy (non-hydrogen) atoms. The van der Waals surface area contributed by atoms with Crippen LogP contribution in [0.2, 0.25) is 0 Å². The van der Waals surface area contributed by atoms with E-state index in [1.54, 1.807) is 7.11 Å². The lowest BCUT2D eigenvalue weighted by Crippen LogP contribution is -2.38. The molecule has 2 N–H and O–H groups in total. The number of hydrogen-bond acceptors (Lipinski definition) is 6. The summed E-state index contributed by atoms with van der Waals surface area (Å²) in [6.45, 7) is 3.33. The van der Waals surface area contributed by atoms with Crippen LogP contribution >= 0.6 is 11.5 Å². The van der Waals surface area contributed by atoms with E-state index in [4.69, 9.17) is 10.5 Å². The second-order valence-corrected chi connectivity index (χ2v) is 4.17. The molecule has 0 radical (unpaired) electrons. The molecular formula is C9H18N4OS. The first-order chi connectivity index (χ1) is 7.17.